The normalized spacial score (nSPS) is 12.3. The van der Waals surface area contributed by atoms with Gasteiger partial charge in [-0.2, -0.15) is 5.10 Å². The van der Waals surface area contributed by atoms with E-state index in [1.54, 1.807) is 4.68 Å². The minimum Gasteiger partial charge on any atom is -0.383 e. The van der Waals surface area contributed by atoms with Gasteiger partial charge >= 0.3 is 0 Å². The van der Waals surface area contributed by atoms with E-state index in [0.29, 0.717) is 24.8 Å². The van der Waals surface area contributed by atoms with Crippen molar-refractivity contribution in [2.24, 2.45) is 5.92 Å². The molecule has 1 aromatic rings. The number of nitrogens with zero attached hydrogens (tertiary/aromatic N) is 3. The number of rotatable bonds is 7. The van der Waals surface area contributed by atoms with Gasteiger partial charge in [0.2, 0.25) is 0 Å². The van der Waals surface area contributed by atoms with Crippen molar-refractivity contribution in [1.29, 1.82) is 0 Å². The molecule has 7 nitrogen and oxygen atoms in total. The molecule has 0 saturated heterocycles. The number of hydrogen-bond donors (Lipinski definition) is 2. The Morgan fingerprint density at radius 2 is 2.00 bits per heavy atom. The maximum absolute atomic E-state index is 11.9. The molecule has 1 rings (SSSR count). The maximum atomic E-state index is 11.9. The van der Waals surface area contributed by atoms with Gasteiger partial charge in [-0.05, 0) is 20.0 Å². The number of sulfone groups is 1. The molecule has 0 spiro atoms. The number of nitrogen functional groups attached to an aromatic ring is 1. The van der Waals surface area contributed by atoms with Crippen LogP contribution in [0.3, 0.4) is 0 Å². The van der Waals surface area contributed by atoms with E-state index in [9.17, 15) is 8.42 Å². The van der Waals surface area contributed by atoms with E-state index in [2.05, 4.69) is 10.4 Å². The van der Waals surface area contributed by atoms with E-state index in [1.807, 2.05) is 32.8 Å². The van der Waals surface area contributed by atoms with Crippen LogP contribution in [0.4, 0.5) is 11.6 Å². The Hall–Kier alpha value is -1.28. The van der Waals surface area contributed by atoms with Crippen LogP contribution in [0, 0.1) is 5.92 Å². The summed E-state index contributed by atoms with van der Waals surface area (Å²) in [5, 5.41) is 7.36. The van der Waals surface area contributed by atoms with Crippen LogP contribution >= 0.6 is 0 Å². The second-order valence-electron chi connectivity index (χ2n) is 5.64. The first-order valence-corrected chi connectivity index (χ1v) is 8.47. The second kappa shape index (κ2) is 6.45. The molecule has 0 unspecified atom stereocenters. The lowest BCUT2D eigenvalue weighted by Gasteiger charge is -2.10. The highest BCUT2D eigenvalue weighted by molar-refractivity contribution is 7.91. The van der Waals surface area contributed by atoms with Crippen molar-refractivity contribution in [3.8, 4) is 0 Å². The van der Waals surface area contributed by atoms with E-state index in [4.69, 9.17) is 5.73 Å². The molecule has 0 aromatic carbocycles. The zero-order valence-corrected chi connectivity index (χ0v) is 13.7. The van der Waals surface area contributed by atoms with Gasteiger partial charge in [0.25, 0.3) is 0 Å². The Kier molecular flexibility index (Phi) is 5.41. The summed E-state index contributed by atoms with van der Waals surface area (Å²) in [6, 6.07) is 0. The van der Waals surface area contributed by atoms with Gasteiger partial charge in [0.1, 0.15) is 5.82 Å². The van der Waals surface area contributed by atoms with Crippen LogP contribution in [0.1, 0.15) is 13.8 Å². The van der Waals surface area contributed by atoms with E-state index >= 15 is 0 Å². The summed E-state index contributed by atoms with van der Waals surface area (Å²) in [6.45, 7) is 6.01. The molecule has 1 aromatic heterocycles. The molecule has 116 valence electrons. The van der Waals surface area contributed by atoms with Crippen molar-refractivity contribution < 1.29 is 8.42 Å². The van der Waals surface area contributed by atoms with Crippen molar-refractivity contribution in [3.63, 3.8) is 0 Å². The third kappa shape index (κ3) is 4.38. The zero-order valence-electron chi connectivity index (χ0n) is 12.8. The predicted octanol–water partition coefficient (Wildman–Crippen LogP) is 0.498. The third-order valence-corrected chi connectivity index (χ3v) is 3.90. The molecule has 0 aliphatic rings. The number of nitrogens with one attached hydrogen (secondary N) is 1. The number of anilines is 2. The van der Waals surface area contributed by atoms with Gasteiger partial charge in [-0.3, -0.25) is 0 Å². The minimum atomic E-state index is -3.41. The molecular weight excluding hydrogens is 278 g/mol. The summed E-state index contributed by atoms with van der Waals surface area (Å²) in [5.74, 6) is 0.925. The number of likely N-dealkylation sites (N-methyl/N-ethyl adjacent to an activating group) is 1. The Morgan fingerprint density at radius 3 is 2.45 bits per heavy atom. The summed E-state index contributed by atoms with van der Waals surface area (Å²) in [6.07, 6.45) is 1.15. The molecule has 0 atom stereocenters. The topological polar surface area (TPSA) is 93.2 Å². The zero-order chi connectivity index (χ0) is 15.5. The largest absolute Gasteiger partial charge is 0.383 e. The smallest absolute Gasteiger partial charge is 0.182 e. The predicted molar refractivity (Wildman–Crippen MR) is 81.6 cm³/mol. The maximum Gasteiger partial charge on any atom is 0.182 e. The standard InChI is InChI=1S/C12H25N5O2S/c1-9(2)8-14-12-10(20(5,18)19)11(13)17(15-12)7-6-16(3)4/h9H,6-8,13H2,1-5H3,(H,14,15). The molecular formula is C12H25N5O2S. The van der Waals surface area contributed by atoms with Crippen LogP contribution in [0.5, 0.6) is 0 Å². The van der Waals surface area contributed by atoms with Gasteiger partial charge in [-0.15, -0.1) is 0 Å². The summed E-state index contributed by atoms with van der Waals surface area (Å²) < 4.78 is 25.3. The number of nitrogens with two attached hydrogens (primary N) is 1. The summed E-state index contributed by atoms with van der Waals surface area (Å²) in [7, 11) is 0.465. The Bertz CT molecular complexity index is 548. The average molecular weight is 303 g/mol. The molecule has 1 heterocycles. The molecule has 0 fully saturated rings. The fourth-order valence-electron chi connectivity index (χ4n) is 1.71. The second-order valence-corrected chi connectivity index (χ2v) is 7.59. The number of aromatic nitrogens is 2. The minimum absolute atomic E-state index is 0.0944. The first-order chi connectivity index (χ1) is 9.12. The first-order valence-electron chi connectivity index (χ1n) is 6.57. The van der Waals surface area contributed by atoms with Crippen molar-refractivity contribution in [2.75, 3.05) is 44.5 Å². The quantitative estimate of drug-likeness (QED) is 0.762. The van der Waals surface area contributed by atoms with Crippen molar-refractivity contribution in [1.82, 2.24) is 14.7 Å². The third-order valence-electron chi connectivity index (χ3n) is 2.75. The van der Waals surface area contributed by atoms with Crippen LogP contribution in [0.15, 0.2) is 4.90 Å². The van der Waals surface area contributed by atoms with Crippen molar-refractivity contribution in [2.45, 2.75) is 25.3 Å². The lowest BCUT2D eigenvalue weighted by molar-refractivity contribution is 0.375. The summed E-state index contributed by atoms with van der Waals surface area (Å²) >= 11 is 0. The molecule has 0 radical (unpaired) electrons. The Labute approximate surface area is 121 Å². The summed E-state index contributed by atoms with van der Waals surface area (Å²) in [4.78, 5) is 2.08. The number of hydrogen-bond acceptors (Lipinski definition) is 6. The van der Waals surface area contributed by atoms with Crippen LogP contribution in [-0.2, 0) is 16.4 Å². The molecule has 8 heteroatoms. The lowest BCUT2D eigenvalue weighted by atomic mass is 10.2. The van der Waals surface area contributed by atoms with Gasteiger partial charge in [-0.1, -0.05) is 13.8 Å². The highest BCUT2D eigenvalue weighted by Crippen LogP contribution is 2.27. The van der Waals surface area contributed by atoms with Gasteiger partial charge in [0.15, 0.2) is 20.6 Å². The summed E-state index contributed by atoms with van der Waals surface area (Å²) in [5.41, 5.74) is 5.95. The van der Waals surface area contributed by atoms with Crippen molar-refractivity contribution >= 4 is 21.5 Å². The lowest BCUT2D eigenvalue weighted by Crippen LogP contribution is -2.20. The molecule has 0 amide bonds. The van der Waals surface area contributed by atoms with Crippen LogP contribution in [0.25, 0.3) is 0 Å². The van der Waals surface area contributed by atoms with Crippen LogP contribution in [0.2, 0.25) is 0 Å². The van der Waals surface area contributed by atoms with Crippen LogP contribution < -0.4 is 11.1 Å². The molecule has 0 bridgehead atoms. The molecule has 0 saturated carbocycles. The van der Waals surface area contributed by atoms with Gasteiger partial charge < -0.3 is 16.0 Å². The van der Waals surface area contributed by atoms with Crippen molar-refractivity contribution in [3.05, 3.63) is 0 Å². The monoisotopic (exact) mass is 303 g/mol. The Balaban J connectivity index is 3.11. The molecule has 3 N–H and O–H groups in total. The highest BCUT2D eigenvalue weighted by Gasteiger charge is 2.24. The highest BCUT2D eigenvalue weighted by atomic mass is 32.2. The average Bonchev–Trinajstić information content (AvgIpc) is 2.60. The first kappa shape index (κ1) is 16.8. The molecule has 20 heavy (non-hydrogen) atoms. The van der Waals surface area contributed by atoms with Crippen LogP contribution in [-0.4, -0.2) is 56.5 Å². The van der Waals surface area contributed by atoms with E-state index < -0.39 is 9.84 Å². The molecule has 0 aliphatic carbocycles. The van der Waals surface area contributed by atoms with E-state index in [-0.39, 0.29) is 10.7 Å². The van der Waals surface area contributed by atoms with Gasteiger partial charge in [0.05, 0.1) is 6.54 Å². The van der Waals surface area contributed by atoms with Gasteiger partial charge in [-0.25, -0.2) is 13.1 Å². The van der Waals surface area contributed by atoms with E-state index in [1.165, 1.54) is 0 Å². The van der Waals surface area contributed by atoms with E-state index in [0.717, 1.165) is 12.8 Å². The SMILES string of the molecule is CC(C)CNc1nn(CCN(C)C)c(N)c1S(C)(=O)=O. The van der Waals surface area contributed by atoms with Gasteiger partial charge in [0, 0.05) is 19.3 Å². The fraction of sp³-hybridized carbons (Fsp3) is 0.750. The Morgan fingerprint density at radius 1 is 1.40 bits per heavy atom. The molecule has 0 aliphatic heterocycles. The fourth-order valence-corrected chi connectivity index (χ4v) is 2.66.